The fourth-order valence-corrected chi connectivity index (χ4v) is 3.17. The van der Waals surface area contributed by atoms with Crippen molar-refractivity contribution < 1.29 is 4.79 Å². The van der Waals surface area contributed by atoms with Crippen LogP contribution in [0.2, 0.25) is 0 Å². The first-order valence-electron chi connectivity index (χ1n) is 7.79. The van der Waals surface area contributed by atoms with Gasteiger partial charge in [-0.3, -0.25) is 4.98 Å². The van der Waals surface area contributed by atoms with Crippen LogP contribution < -0.4 is 10.6 Å². The molecule has 22 heavy (non-hydrogen) atoms. The highest BCUT2D eigenvalue weighted by molar-refractivity contribution is 5.75. The molecule has 1 heterocycles. The second kappa shape index (κ2) is 6.60. The molecule has 4 nitrogen and oxygen atoms in total. The van der Waals surface area contributed by atoms with Gasteiger partial charge >= 0.3 is 6.03 Å². The summed E-state index contributed by atoms with van der Waals surface area (Å²) >= 11 is 0. The highest BCUT2D eigenvalue weighted by Gasteiger charge is 2.36. The van der Waals surface area contributed by atoms with E-state index in [4.69, 9.17) is 0 Å². The maximum Gasteiger partial charge on any atom is 0.315 e. The molecule has 2 aromatic rings. The molecule has 1 aromatic carbocycles. The van der Waals surface area contributed by atoms with Crippen molar-refractivity contribution in [3.05, 3.63) is 66.0 Å². The second-order valence-electron chi connectivity index (χ2n) is 5.82. The van der Waals surface area contributed by atoms with Gasteiger partial charge in [0.15, 0.2) is 0 Å². The standard InChI is InChI=1S/C18H21N3O/c22-17(20-14-15-7-6-12-19-13-15)21-18(10-4-5-11-18)16-8-2-1-3-9-16/h1-3,6-9,12-13H,4-5,10-11,14H2,(H2,20,21,22). The SMILES string of the molecule is O=C(NCc1cccnc1)NC1(c2ccccc2)CCCC1. The molecule has 2 N–H and O–H groups in total. The lowest BCUT2D eigenvalue weighted by Gasteiger charge is -2.31. The van der Waals surface area contributed by atoms with Crippen LogP contribution >= 0.6 is 0 Å². The van der Waals surface area contributed by atoms with Gasteiger partial charge in [0.1, 0.15) is 0 Å². The van der Waals surface area contributed by atoms with Gasteiger partial charge in [-0.15, -0.1) is 0 Å². The molecular formula is C18H21N3O. The highest BCUT2D eigenvalue weighted by Crippen LogP contribution is 2.38. The monoisotopic (exact) mass is 295 g/mol. The van der Waals surface area contributed by atoms with Gasteiger partial charge in [0.2, 0.25) is 0 Å². The zero-order chi connectivity index (χ0) is 15.3. The Hall–Kier alpha value is -2.36. The van der Waals surface area contributed by atoms with Gasteiger partial charge in [0.05, 0.1) is 5.54 Å². The fourth-order valence-electron chi connectivity index (χ4n) is 3.17. The first kappa shape index (κ1) is 14.6. The number of nitrogens with one attached hydrogen (secondary N) is 2. The third kappa shape index (κ3) is 3.27. The van der Waals surface area contributed by atoms with Crippen LogP contribution in [0, 0.1) is 0 Å². The van der Waals surface area contributed by atoms with E-state index in [9.17, 15) is 4.79 Å². The average Bonchev–Trinajstić information content (AvgIpc) is 3.04. The van der Waals surface area contributed by atoms with Crippen molar-refractivity contribution in [1.82, 2.24) is 15.6 Å². The van der Waals surface area contributed by atoms with Gasteiger partial charge in [-0.2, -0.15) is 0 Å². The maximum atomic E-state index is 12.3. The van der Waals surface area contributed by atoms with Gasteiger partial charge in [-0.05, 0) is 30.0 Å². The normalized spacial score (nSPS) is 16.2. The first-order chi connectivity index (χ1) is 10.8. The third-order valence-electron chi connectivity index (χ3n) is 4.31. The molecule has 1 aliphatic carbocycles. The van der Waals surface area contributed by atoms with Gasteiger partial charge < -0.3 is 10.6 Å². The van der Waals surface area contributed by atoms with E-state index in [1.807, 2.05) is 30.3 Å². The molecule has 1 aliphatic rings. The Morgan fingerprint density at radius 3 is 2.55 bits per heavy atom. The summed E-state index contributed by atoms with van der Waals surface area (Å²) in [5.74, 6) is 0. The summed E-state index contributed by atoms with van der Waals surface area (Å²) in [6.07, 6.45) is 7.79. The van der Waals surface area contributed by atoms with E-state index in [-0.39, 0.29) is 11.6 Å². The smallest absolute Gasteiger partial charge is 0.315 e. The van der Waals surface area contributed by atoms with Crippen molar-refractivity contribution in [2.45, 2.75) is 37.8 Å². The number of hydrogen-bond donors (Lipinski definition) is 2. The van der Waals surface area contributed by atoms with Crippen LogP contribution in [0.5, 0.6) is 0 Å². The Bertz CT molecular complexity index is 607. The largest absolute Gasteiger partial charge is 0.334 e. The Morgan fingerprint density at radius 2 is 1.86 bits per heavy atom. The van der Waals surface area contributed by atoms with E-state index in [0.29, 0.717) is 6.54 Å². The minimum absolute atomic E-state index is 0.116. The number of hydrogen-bond acceptors (Lipinski definition) is 2. The minimum Gasteiger partial charge on any atom is -0.334 e. The first-order valence-corrected chi connectivity index (χ1v) is 7.79. The third-order valence-corrected chi connectivity index (χ3v) is 4.31. The number of nitrogens with zero attached hydrogens (tertiary/aromatic N) is 1. The number of carbonyl (C=O) groups excluding carboxylic acids is 1. The van der Waals surface area contributed by atoms with Gasteiger partial charge in [-0.1, -0.05) is 49.2 Å². The molecule has 4 heteroatoms. The van der Waals surface area contributed by atoms with Crippen molar-refractivity contribution in [3.8, 4) is 0 Å². The Morgan fingerprint density at radius 1 is 1.09 bits per heavy atom. The highest BCUT2D eigenvalue weighted by atomic mass is 16.2. The Kier molecular flexibility index (Phi) is 4.37. The molecule has 0 unspecified atom stereocenters. The van der Waals surface area contributed by atoms with Crippen molar-refractivity contribution in [2.24, 2.45) is 0 Å². The van der Waals surface area contributed by atoms with E-state index in [0.717, 1.165) is 31.2 Å². The van der Waals surface area contributed by atoms with E-state index < -0.39 is 0 Å². The topological polar surface area (TPSA) is 54.0 Å². The van der Waals surface area contributed by atoms with E-state index in [2.05, 4.69) is 27.8 Å². The predicted molar refractivity (Wildman–Crippen MR) is 86.2 cm³/mol. The van der Waals surface area contributed by atoms with Gasteiger partial charge in [0.25, 0.3) is 0 Å². The van der Waals surface area contributed by atoms with Crippen molar-refractivity contribution in [1.29, 1.82) is 0 Å². The zero-order valence-corrected chi connectivity index (χ0v) is 12.6. The van der Waals surface area contributed by atoms with Gasteiger partial charge in [0, 0.05) is 18.9 Å². The molecule has 2 amide bonds. The molecule has 0 saturated heterocycles. The molecule has 0 aliphatic heterocycles. The number of amides is 2. The lowest BCUT2D eigenvalue weighted by molar-refractivity contribution is 0.224. The van der Waals surface area contributed by atoms with Crippen LogP contribution in [0.15, 0.2) is 54.9 Å². The average molecular weight is 295 g/mol. The number of pyridine rings is 1. The van der Waals surface area contributed by atoms with Crippen molar-refractivity contribution in [3.63, 3.8) is 0 Å². The molecule has 114 valence electrons. The van der Waals surface area contributed by atoms with E-state index >= 15 is 0 Å². The Labute approximate surface area is 131 Å². The van der Waals surface area contributed by atoms with Crippen molar-refractivity contribution >= 4 is 6.03 Å². The van der Waals surface area contributed by atoms with Crippen molar-refractivity contribution in [2.75, 3.05) is 0 Å². The zero-order valence-electron chi connectivity index (χ0n) is 12.6. The maximum absolute atomic E-state index is 12.3. The van der Waals surface area contributed by atoms with E-state index in [1.165, 1.54) is 5.56 Å². The summed E-state index contributed by atoms with van der Waals surface area (Å²) in [5.41, 5.74) is 1.97. The quantitative estimate of drug-likeness (QED) is 0.909. The predicted octanol–water partition coefficient (Wildman–Crippen LogP) is 3.35. The Balaban J connectivity index is 1.65. The molecule has 1 saturated carbocycles. The van der Waals surface area contributed by atoms with Crippen LogP contribution in [0.25, 0.3) is 0 Å². The molecule has 0 bridgehead atoms. The number of benzene rings is 1. The minimum atomic E-state index is -0.222. The van der Waals surface area contributed by atoms with Crippen LogP contribution in [0.3, 0.4) is 0 Å². The summed E-state index contributed by atoms with van der Waals surface area (Å²) in [6, 6.07) is 14.0. The van der Waals surface area contributed by atoms with Crippen LogP contribution in [0.1, 0.15) is 36.8 Å². The number of rotatable bonds is 4. The van der Waals surface area contributed by atoms with Crippen LogP contribution in [0.4, 0.5) is 4.79 Å². The van der Waals surface area contributed by atoms with E-state index in [1.54, 1.807) is 12.4 Å². The molecule has 1 aromatic heterocycles. The summed E-state index contributed by atoms with van der Waals surface area (Å²) in [7, 11) is 0. The number of urea groups is 1. The molecule has 3 rings (SSSR count). The van der Waals surface area contributed by atoms with Crippen LogP contribution in [-0.2, 0) is 12.1 Å². The van der Waals surface area contributed by atoms with Crippen LogP contribution in [-0.4, -0.2) is 11.0 Å². The molecule has 0 radical (unpaired) electrons. The summed E-state index contributed by atoms with van der Waals surface area (Å²) in [5, 5.41) is 6.14. The lowest BCUT2D eigenvalue weighted by atomic mass is 9.88. The lowest BCUT2D eigenvalue weighted by Crippen LogP contribution is -2.48. The molecular weight excluding hydrogens is 274 g/mol. The van der Waals surface area contributed by atoms with Gasteiger partial charge in [-0.25, -0.2) is 4.79 Å². The molecule has 0 atom stereocenters. The number of carbonyl (C=O) groups is 1. The summed E-state index contributed by atoms with van der Waals surface area (Å²) in [6.45, 7) is 0.491. The molecule has 1 fully saturated rings. The summed E-state index contributed by atoms with van der Waals surface area (Å²) in [4.78, 5) is 16.4. The fraction of sp³-hybridized carbons (Fsp3) is 0.333. The second-order valence-corrected chi connectivity index (χ2v) is 5.82. The summed E-state index contributed by atoms with van der Waals surface area (Å²) < 4.78 is 0. The number of aromatic nitrogens is 1. The molecule has 0 spiro atoms.